The van der Waals surface area contributed by atoms with Gasteiger partial charge < -0.3 is 10.3 Å². The molecule has 0 unspecified atom stereocenters. The fraction of sp³-hybridized carbons (Fsp3) is 0.611. The predicted octanol–water partition coefficient (Wildman–Crippen LogP) is 1.87. The van der Waals surface area contributed by atoms with Gasteiger partial charge in [0.1, 0.15) is 0 Å². The number of ketones is 2. The van der Waals surface area contributed by atoms with E-state index in [1.54, 1.807) is 0 Å². The van der Waals surface area contributed by atoms with Gasteiger partial charge in [0.2, 0.25) is 5.91 Å². The molecule has 0 bridgehead atoms. The number of hydrogen-bond donors (Lipinski definition) is 2. The average molecular weight is 333 g/mol. The summed E-state index contributed by atoms with van der Waals surface area (Å²) >= 11 is 0. The predicted molar refractivity (Wildman–Crippen MR) is 92.5 cm³/mol. The third-order valence-corrected chi connectivity index (χ3v) is 4.56. The highest BCUT2D eigenvalue weighted by Gasteiger charge is 2.26. The number of amides is 1. The summed E-state index contributed by atoms with van der Waals surface area (Å²) in [6, 6.07) is 0.104. The molecular formula is C18H27N3O3. The molecule has 1 saturated heterocycles. The van der Waals surface area contributed by atoms with Crippen molar-refractivity contribution in [2.45, 2.75) is 53.0 Å². The van der Waals surface area contributed by atoms with Crippen molar-refractivity contribution in [1.29, 1.82) is 0 Å². The molecule has 0 spiro atoms. The first-order chi connectivity index (χ1) is 11.3. The molecule has 1 aromatic rings. The molecule has 0 aromatic carbocycles. The largest absolute Gasteiger partial charge is 0.355 e. The van der Waals surface area contributed by atoms with Crippen molar-refractivity contribution in [3.8, 4) is 0 Å². The van der Waals surface area contributed by atoms with E-state index in [4.69, 9.17) is 0 Å². The lowest BCUT2D eigenvalue weighted by Gasteiger charge is -2.32. The first-order valence-corrected chi connectivity index (χ1v) is 8.58. The van der Waals surface area contributed by atoms with Gasteiger partial charge in [-0.3, -0.25) is 19.3 Å². The number of Topliss-reactive ketones (excluding diaryl/α,β-unsaturated/α-hetero) is 2. The van der Waals surface area contributed by atoms with Gasteiger partial charge in [0.15, 0.2) is 11.6 Å². The van der Waals surface area contributed by atoms with Gasteiger partial charge in [-0.25, -0.2) is 0 Å². The number of H-pyrrole nitrogens is 1. The normalized spacial score (nSPS) is 18.4. The number of nitrogens with zero attached hydrogens (tertiary/aromatic N) is 1. The molecule has 0 aliphatic carbocycles. The number of aromatic nitrogens is 1. The van der Waals surface area contributed by atoms with Gasteiger partial charge >= 0.3 is 0 Å². The highest BCUT2D eigenvalue weighted by atomic mass is 16.1. The number of carbonyl (C=O) groups excluding carboxylic acids is 3. The zero-order valence-electron chi connectivity index (χ0n) is 15.0. The lowest BCUT2D eigenvalue weighted by atomic mass is 10.0. The van der Waals surface area contributed by atoms with Crippen LogP contribution in [0.25, 0.3) is 0 Å². The molecular weight excluding hydrogens is 306 g/mol. The van der Waals surface area contributed by atoms with Gasteiger partial charge in [0, 0.05) is 30.8 Å². The second-order valence-electron chi connectivity index (χ2n) is 6.59. The van der Waals surface area contributed by atoms with Gasteiger partial charge in [-0.05, 0) is 45.2 Å². The lowest BCUT2D eigenvalue weighted by molar-refractivity contribution is -0.120. The molecule has 1 fully saturated rings. The van der Waals surface area contributed by atoms with Gasteiger partial charge in [0.05, 0.1) is 12.2 Å². The first kappa shape index (κ1) is 18.4. The van der Waals surface area contributed by atoms with Gasteiger partial charge in [-0.15, -0.1) is 0 Å². The number of aromatic amines is 1. The van der Waals surface area contributed by atoms with E-state index in [-0.39, 0.29) is 23.5 Å². The number of aryl methyl sites for hydroxylation is 1. The van der Waals surface area contributed by atoms with Crippen LogP contribution in [-0.2, 0) is 11.2 Å². The average Bonchev–Trinajstić information content (AvgIpc) is 2.83. The quantitative estimate of drug-likeness (QED) is 0.779. The maximum absolute atomic E-state index is 12.7. The zero-order valence-corrected chi connectivity index (χ0v) is 15.0. The number of rotatable bonds is 6. The van der Waals surface area contributed by atoms with Crippen molar-refractivity contribution in [1.82, 2.24) is 15.2 Å². The maximum atomic E-state index is 12.7. The Labute approximate surface area is 143 Å². The highest BCUT2D eigenvalue weighted by Crippen LogP contribution is 2.21. The SMILES string of the molecule is CCc1c(C(=O)CN2CCC[C@@H](NC(C)=O)C2)[nH]c(C)c1C(C)=O. The van der Waals surface area contributed by atoms with Gasteiger partial charge in [0.25, 0.3) is 0 Å². The Morgan fingerprint density at radius 3 is 2.58 bits per heavy atom. The summed E-state index contributed by atoms with van der Waals surface area (Å²) in [5, 5.41) is 2.93. The summed E-state index contributed by atoms with van der Waals surface area (Å²) in [6.07, 6.45) is 2.55. The minimum absolute atomic E-state index is 0.00549. The summed E-state index contributed by atoms with van der Waals surface area (Å²) in [6.45, 7) is 8.68. The number of likely N-dealkylation sites (tertiary alicyclic amines) is 1. The van der Waals surface area contributed by atoms with E-state index in [0.717, 1.165) is 30.6 Å². The first-order valence-electron chi connectivity index (χ1n) is 8.58. The monoisotopic (exact) mass is 333 g/mol. The van der Waals surface area contributed by atoms with Crippen LogP contribution in [-0.4, -0.2) is 53.0 Å². The van der Waals surface area contributed by atoms with Crippen LogP contribution >= 0.6 is 0 Å². The van der Waals surface area contributed by atoms with E-state index in [9.17, 15) is 14.4 Å². The van der Waals surface area contributed by atoms with Crippen molar-refractivity contribution in [2.75, 3.05) is 19.6 Å². The molecule has 1 aliphatic heterocycles. The molecule has 2 N–H and O–H groups in total. The Hall–Kier alpha value is -1.95. The van der Waals surface area contributed by atoms with Crippen molar-refractivity contribution < 1.29 is 14.4 Å². The second kappa shape index (κ2) is 7.75. The summed E-state index contributed by atoms with van der Waals surface area (Å²) in [5.41, 5.74) is 2.79. The maximum Gasteiger partial charge on any atom is 0.217 e. The molecule has 1 aromatic heterocycles. The number of piperidine rings is 1. The van der Waals surface area contributed by atoms with Crippen molar-refractivity contribution in [3.63, 3.8) is 0 Å². The van der Waals surface area contributed by atoms with Crippen molar-refractivity contribution >= 4 is 17.5 Å². The Kier molecular flexibility index (Phi) is 5.94. The van der Waals surface area contributed by atoms with Crippen molar-refractivity contribution in [3.05, 3.63) is 22.5 Å². The fourth-order valence-electron chi connectivity index (χ4n) is 3.63. The van der Waals surface area contributed by atoms with E-state index in [2.05, 4.69) is 15.2 Å². The zero-order chi connectivity index (χ0) is 17.9. The Balaban J connectivity index is 2.11. The third-order valence-electron chi connectivity index (χ3n) is 4.56. The van der Waals surface area contributed by atoms with Crippen LogP contribution in [0.5, 0.6) is 0 Å². The summed E-state index contributed by atoms with van der Waals surface area (Å²) < 4.78 is 0. The lowest BCUT2D eigenvalue weighted by Crippen LogP contribution is -2.48. The Bertz CT molecular complexity index is 648. The number of nitrogens with one attached hydrogen (secondary N) is 2. The number of hydrogen-bond acceptors (Lipinski definition) is 4. The van der Waals surface area contributed by atoms with Crippen LogP contribution in [0.2, 0.25) is 0 Å². The molecule has 2 heterocycles. The van der Waals surface area contributed by atoms with E-state index in [0.29, 0.717) is 30.8 Å². The Morgan fingerprint density at radius 2 is 2.00 bits per heavy atom. The van der Waals surface area contributed by atoms with E-state index in [1.165, 1.54) is 13.8 Å². The number of carbonyl (C=O) groups is 3. The van der Waals surface area contributed by atoms with E-state index in [1.807, 2.05) is 13.8 Å². The van der Waals surface area contributed by atoms with E-state index >= 15 is 0 Å². The second-order valence-corrected chi connectivity index (χ2v) is 6.59. The third kappa shape index (κ3) is 4.12. The highest BCUT2D eigenvalue weighted by molar-refractivity contribution is 6.04. The molecule has 132 valence electrons. The standard InChI is InChI=1S/C18H27N3O3/c1-5-15-17(12(3)22)11(2)19-18(15)16(24)10-21-8-6-7-14(9-21)20-13(4)23/h14,19H,5-10H2,1-4H3,(H,20,23)/t14-/m1/s1. The molecule has 6 nitrogen and oxygen atoms in total. The van der Waals surface area contributed by atoms with Crippen LogP contribution in [0.1, 0.15) is 65.7 Å². The molecule has 1 atom stereocenters. The van der Waals surface area contributed by atoms with Crippen molar-refractivity contribution in [2.24, 2.45) is 0 Å². The minimum Gasteiger partial charge on any atom is -0.355 e. The minimum atomic E-state index is -0.0347. The van der Waals surface area contributed by atoms with Gasteiger partial charge in [-0.1, -0.05) is 6.92 Å². The summed E-state index contributed by atoms with van der Waals surface area (Å²) in [4.78, 5) is 41.0. The molecule has 1 aliphatic rings. The molecule has 1 amide bonds. The van der Waals surface area contributed by atoms with Crippen LogP contribution in [0, 0.1) is 6.92 Å². The molecule has 0 saturated carbocycles. The Morgan fingerprint density at radius 1 is 1.29 bits per heavy atom. The smallest absolute Gasteiger partial charge is 0.217 e. The summed E-state index contributed by atoms with van der Waals surface area (Å²) in [7, 11) is 0. The molecule has 6 heteroatoms. The van der Waals surface area contributed by atoms with Gasteiger partial charge in [-0.2, -0.15) is 0 Å². The van der Waals surface area contributed by atoms with Crippen LogP contribution in [0.4, 0.5) is 0 Å². The van der Waals surface area contributed by atoms with E-state index < -0.39 is 0 Å². The van der Waals surface area contributed by atoms with Crippen LogP contribution < -0.4 is 5.32 Å². The fourth-order valence-corrected chi connectivity index (χ4v) is 3.63. The molecule has 2 rings (SSSR count). The molecule has 24 heavy (non-hydrogen) atoms. The molecule has 0 radical (unpaired) electrons. The van der Waals surface area contributed by atoms with Crippen LogP contribution in [0.3, 0.4) is 0 Å². The van der Waals surface area contributed by atoms with Crippen LogP contribution in [0.15, 0.2) is 0 Å². The topological polar surface area (TPSA) is 82.3 Å². The summed E-state index contributed by atoms with van der Waals surface area (Å²) in [5.74, 6) is -0.0400.